The molecule has 8 heteroatoms. The first kappa shape index (κ1) is 19.5. The van der Waals surface area contributed by atoms with Crippen molar-refractivity contribution in [1.29, 1.82) is 0 Å². The summed E-state index contributed by atoms with van der Waals surface area (Å²) in [5, 5.41) is 11.7. The van der Waals surface area contributed by atoms with Crippen LogP contribution in [0.2, 0.25) is 0 Å². The largest absolute Gasteiger partial charge is 0.350 e. The van der Waals surface area contributed by atoms with Gasteiger partial charge in [-0.3, -0.25) is 14.9 Å². The van der Waals surface area contributed by atoms with Gasteiger partial charge in [-0.25, -0.2) is 4.98 Å². The van der Waals surface area contributed by atoms with E-state index in [1.54, 1.807) is 18.2 Å². The Kier molecular flexibility index (Phi) is 5.40. The van der Waals surface area contributed by atoms with Crippen LogP contribution in [0.5, 0.6) is 0 Å². The Balaban J connectivity index is 1.44. The van der Waals surface area contributed by atoms with Crippen molar-refractivity contribution in [1.82, 2.24) is 10.1 Å². The van der Waals surface area contributed by atoms with Gasteiger partial charge in [-0.05, 0) is 19.1 Å². The lowest BCUT2D eigenvalue weighted by molar-refractivity contribution is -0.114. The fourth-order valence-electron chi connectivity index (χ4n) is 2.79. The highest BCUT2D eigenvalue weighted by Crippen LogP contribution is 2.27. The minimum Gasteiger partial charge on any atom is -0.350 e. The number of benzene rings is 2. The van der Waals surface area contributed by atoms with Crippen molar-refractivity contribution >= 4 is 34.0 Å². The van der Waals surface area contributed by atoms with Gasteiger partial charge in [-0.2, -0.15) is 0 Å². The lowest BCUT2D eigenvalue weighted by Crippen LogP contribution is -2.10. The SMILES string of the molecule is CC(=O)Nc1ccc(-c2csc(NC(=O)c3cc(-c4ccc(C)cc4)no3)n2)cc1. The monoisotopic (exact) mass is 418 g/mol. The summed E-state index contributed by atoms with van der Waals surface area (Å²) in [6.07, 6.45) is 0. The van der Waals surface area contributed by atoms with E-state index in [0.29, 0.717) is 16.5 Å². The minimum absolute atomic E-state index is 0.113. The van der Waals surface area contributed by atoms with E-state index in [2.05, 4.69) is 20.8 Å². The Labute approximate surface area is 176 Å². The maximum atomic E-state index is 12.5. The van der Waals surface area contributed by atoms with Crippen LogP contribution in [-0.2, 0) is 4.79 Å². The van der Waals surface area contributed by atoms with Gasteiger partial charge in [0.1, 0.15) is 5.69 Å². The van der Waals surface area contributed by atoms with Crippen LogP contribution in [0, 0.1) is 6.92 Å². The number of aryl methyl sites for hydroxylation is 1. The molecule has 0 aliphatic carbocycles. The smallest absolute Gasteiger partial charge is 0.296 e. The molecule has 150 valence electrons. The first-order chi connectivity index (χ1) is 14.5. The van der Waals surface area contributed by atoms with Crippen LogP contribution in [0.15, 0.2) is 64.5 Å². The van der Waals surface area contributed by atoms with Crippen LogP contribution in [0.1, 0.15) is 23.0 Å². The molecule has 0 bridgehead atoms. The van der Waals surface area contributed by atoms with Gasteiger partial charge in [0.2, 0.25) is 11.7 Å². The number of aromatic nitrogens is 2. The second-order valence-electron chi connectivity index (χ2n) is 6.69. The Morgan fingerprint density at radius 3 is 2.30 bits per heavy atom. The quantitative estimate of drug-likeness (QED) is 0.476. The number of hydrogen-bond donors (Lipinski definition) is 2. The summed E-state index contributed by atoms with van der Waals surface area (Å²) < 4.78 is 5.20. The molecule has 2 N–H and O–H groups in total. The van der Waals surface area contributed by atoms with E-state index in [1.807, 2.05) is 48.7 Å². The number of amides is 2. The lowest BCUT2D eigenvalue weighted by Gasteiger charge is -2.02. The van der Waals surface area contributed by atoms with Gasteiger partial charge in [-0.1, -0.05) is 47.1 Å². The fraction of sp³-hybridized carbons (Fsp3) is 0.0909. The van der Waals surface area contributed by atoms with E-state index in [-0.39, 0.29) is 11.7 Å². The Morgan fingerprint density at radius 1 is 0.933 bits per heavy atom. The standard InChI is InChI=1S/C22H18N4O3S/c1-13-3-5-15(6-4-13)18-11-20(29-26-18)21(28)25-22-24-19(12-30-22)16-7-9-17(10-8-16)23-14(2)27/h3-12H,1-2H3,(H,23,27)(H,24,25,28). The third-order valence-electron chi connectivity index (χ3n) is 4.31. The minimum atomic E-state index is -0.414. The third kappa shape index (κ3) is 4.44. The Hall–Kier alpha value is -3.78. The number of anilines is 2. The highest BCUT2D eigenvalue weighted by molar-refractivity contribution is 7.14. The summed E-state index contributed by atoms with van der Waals surface area (Å²) in [5.74, 6) is -0.427. The number of carbonyl (C=O) groups excluding carboxylic acids is 2. The molecule has 0 saturated heterocycles. The fourth-order valence-corrected chi connectivity index (χ4v) is 3.51. The highest BCUT2D eigenvalue weighted by atomic mass is 32.1. The molecule has 4 aromatic rings. The van der Waals surface area contributed by atoms with Crippen LogP contribution >= 0.6 is 11.3 Å². The molecule has 2 aromatic heterocycles. The molecular weight excluding hydrogens is 400 g/mol. The average Bonchev–Trinajstić information content (AvgIpc) is 3.39. The van der Waals surface area contributed by atoms with Crippen molar-refractivity contribution in [2.75, 3.05) is 10.6 Å². The third-order valence-corrected chi connectivity index (χ3v) is 5.06. The summed E-state index contributed by atoms with van der Waals surface area (Å²) in [5.41, 5.74) is 4.93. The normalized spacial score (nSPS) is 10.6. The van der Waals surface area contributed by atoms with Gasteiger partial charge >= 0.3 is 0 Å². The molecule has 2 amide bonds. The van der Waals surface area contributed by atoms with Crippen LogP contribution in [0.25, 0.3) is 22.5 Å². The summed E-state index contributed by atoms with van der Waals surface area (Å²) in [7, 11) is 0. The van der Waals surface area contributed by atoms with E-state index in [9.17, 15) is 9.59 Å². The van der Waals surface area contributed by atoms with Crippen LogP contribution in [0.3, 0.4) is 0 Å². The molecular formula is C22H18N4O3S. The maximum Gasteiger partial charge on any atom is 0.296 e. The van der Waals surface area contributed by atoms with Gasteiger partial charge < -0.3 is 9.84 Å². The number of hydrogen-bond acceptors (Lipinski definition) is 6. The van der Waals surface area contributed by atoms with Crippen LogP contribution in [-0.4, -0.2) is 22.0 Å². The molecule has 0 atom stereocenters. The van der Waals surface area contributed by atoms with Gasteiger partial charge in [0.15, 0.2) is 5.13 Å². The summed E-state index contributed by atoms with van der Waals surface area (Å²) in [4.78, 5) is 28.0. The molecule has 0 aliphatic rings. The van der Waals surface area contributed by atoms with E-state index < -0.39 is 5.91 Å². The Morgan fingerprint density at radius 2 is 1.60 bits per heavy atom. The van der Waals surface area contributed by atoms with Crippen LogP contribution < -0.4 is 10.6 Å². The topological polar surface area (TPSA) is 97.1 Å². The molecule has 2 heterocycles. The first-order valence-electron chi connectivity index (χ1n) is 9.16. The summed E-state index contributed by atoms with van der Waals surface area (Å²) >= 11 is 1.31. The van der Waals surface area contributed by atoms with Crippen molar-refractivity contribution in [3.05, 3.63) is 71.3 Å². The van der Waals surface area contributed by atoms with Crippen LogP contribution in [0.4, 0.5) is 10.8 Å². The van der Waals surface area contributed by atoms with E-state index in [0.717, 1.165) is 22.4 Å². The number of nitrogens with one attached hydrogen (secondary N) is 2. The summed E-state index contributed by atoms with van der Waals surface area (Å²) in [6.45, 7) is 3.46. The van der Waals surface area contributed by atoms with Gasteiger partial charge in [0.05, 0.1) is 5.69 Å². The van der Waals surface area contributed by atoms with Crippen molar-refractivity contribution in [2.45, 2.75) is 13.8 Å². The van der Waals surface area contributed by atoms with Crippen molar-refractivity contribution in [3.8, 4) is 22.5 Å². The number of carbonyl (C=O) groups is 2. The molecule has 2 aromatic carbocycles. The number of thiazole rings is 1. The first-order valence-corrected chi connectivity index (χ1v) is 10.0. The molecule has 4 rings (SSSR count). The van der Waals surface area contributed by atoms with Crippen molar-refractivity contribution < 1.29 is 14.1 Å². The Bertz CT molecular complexity index is 1190. The van der Waals surface area contributed by atoms with Gasteiger partial charge in [0, 0.05) is 35.2 Å². The van der Waals surface area contributed by atoms with E-state index in [4.69, 9.17) is 4.52 Å². The number of nitrogens with zero attached hydrogens (tertiary/aromatic N) is 2. The zero-order valence-electron chi connectivity index (χ0n) is 16.3. The maximum absolute atomic E-state index is 12.5. The van der Waals surface area contributed by atoms with Crippen molar-refractivity contribution in [3.63, 3.8) is 0 Å². The van der Waals surface area contributed by atoms with Gasteiger partial charge in [0.25, 0.3) is 5.91 Å². The number of rotatable bonds is 5. The lowest BCUT2D eigenvalue weighted by atomic mass is 10.1. The molecule has 0 saturated carbocycles. The highest BCUT2D eigenvalue weighted by Gasteiger charge is 2.16. The van der Waals surface area contributed by atoms with E-state index >= 15 is 0 Å². The molecule has 0 unspecified atom stereocenters. The predicted octanol–water partition coefficient (Wildman–Crippen LogP) is 4.98. The molecule has 30 heavy (non-hydrogen) atoms. The molecule has 0 spiro atoms. The molecule has 0 aliphatic heterocycles. The molecule has 0 radical (unpaired) electrons. The second-order valence-corrected chi connectivity index (χ2v) is 7.55. The molecule has 0 fully saturated rings. The van der Waals surface area contributed by atoms with Gasteiger partial charge in [-0.15, -0.1) is 11.3 Å². The predicted molar refractivity (Wildman–Crippen MR) is 116 cm³/mol. The van der Waals surface area contributed by atoms with E-state index in [1.165, 1.54) is 18.3 Å². The summed E-state index contributed by atoms with van der Waals surface area (Å²) in [6, 6.07) is 16.7. The second kappa shape index (κ2) is 8.30. The zero-order chi connectivity index (χ0) is 21.1. The molecule has 7 nitrogen and oxygen atoms in total. The zero-order valence-corrected chi connectivity index (χ0v) is 17.1. The van der Waals surface area contributed by atoms with Crippen molar-refractivity contribution in [2.24, 2.45) is 0 Å². The average molecular weight is 418 g/mol.